The molecule has 0 aliphatic heterocycles. The molecule has 0 spiro atoms. The zero-order chi connectivity index (χ0) is 15.9. The Kier molecular flexibility index (Phi) is 6.09. The van der Waals surface area contributed by atoms with Crippen LogP contribution in [-0.4, -0.2) is 36.8 Å². The van der Waals surface area contributed by atoms with Gasteiger partial charge in [-0.05, 0) is 32.9 Å². The zero-order valence-electron chi connectivity index (χ0n) is 13.2. The quantitative estimate of drug-likeness (QED) is 0.872. The van der Waals surface area contributed by atoms with E-state index in [1.54, 1.807) is 7.11 Å². The van der Waals surface area contributed by atoms with Gasteiger partial charge < -0.3 is 14.8 Å². The molecule has 0 unspecified atom stereocenters. The fourth-order valence-corrected chi connectivity index (χ4v) is 1.68. The van der Waals surface area contributed by atoms with E-state index < -0.39 is 11.7 Å². The number of hydrogen-bond donors (Lipinski definition) is 1. The highest BCUT2D eigenvalue weighted by atomic mass is 16.6. The number of rotatable bonds is 6. The Labute approximate surface area is 126 Å². The number of nitrogens with one attached hydrogen (secondary N) is 1. The molecule has 5 heteroatoms. The number of carbonyl (C=O) groups is 1. The summed E-state index contributed by atoms with van der Waals surface area (Å²) in [5, 5.41) is 3.22. The Morgan fingerprint density at radius 3 is 2.62 bits per heavy atom. The lowest BCUT2D eigenvalue weighted by Gasteiger charge is -2.25. The van der Waals surface area contributed by atoms with Gasteiger partial charge in [0, 0.05) is 19.3 Å². The molecule has 0 aliphatic carbocycles. The van der Waals surface area contributed by atoms with Crippen LogP contribution < -0.4 is 10.1 Å². The van der Waals surface area contributed by atoms with Crippen molar-refractivity contribution in [1.82, 2.24) is 4.90 Å². The average Bonchev–Trinajstić information content (AvgIpc) is 2.42. The van der Waals surface area contributed by atoms with Gasteiger partial charge >= 0.3 is 6.09 Å². The first-order chi connectivity index (χ1) is 9.87. The summed E-state index contributed by atoms with van der Waals surface area (Å²) >= 11 is 0. The van der Waals surface area contributed by atoms with Crippen LogP contribution in [0.15, 0.2) is 37.0 Å². The average molecular weight is 292 g/mol. The maximum Gasteiger partial charge on any atom is 0.414 e. The van der Waals surface area contributed by atoms with Gasteiger partial charge in [0.15, 0.2) is 0 Å². The highest BCUT2D eigenvalue weighted by molar-refractivity contribution is 5.69. The van der Waals surface area contributed by atoms with Crippen molar-refractivity contribution in [2.24, 2.45) is 0 Å². The summed E-state index contributed by atoms with van der Waals surface area (Å²) in [5.41, 5.74) is 0.363. The summed E-state index contributed by atoms with van der Waals surface area (Å²) in [6, 6.07) is 7.62. The Hall–Kier alpha value is -2.17. The lowest BCUT2D eigenvalue weighted by Crippen LogP contribution is -2.35. The third kappa shape index (κ3) is 5.77. The van der Waals surface area contributed by atoms with Crippen molar-refractivity contribution in [3.8, 4) is 5.75 Å². The molecule has 5 nitrogen and oxygen atoms in total. The molecule has 0 saturated heterocycles. The first-order valence-electron chi connectivity index (χ1n) is 6.86. The third-order valence-corrected chi connectivity index (χ3v) is 2.62. The van der Waals surface area contributed by atoms with Crippen molar-refractivity contribution >= 4 is 11.8 Å². The lowest BCUT2D eigenvalue weighted by atomic mass is 10.2. The normalized spacial score (nSPS) is 10.7. The van der Waals surface area contributed by atoms with Crippen LogP contribution in [0.1, 0.15) is 20.8 Å². The smallest absolute Gasteiger partial charge is 0.414 e. The minimum Gasteiger partial charge on any atom is -0.495 e. The van der Waals surface area contributed by atoms with Gasteiger partial charge in [-0.15, -0.1) is 0 Å². The van der Waals surface area contributed by atoms with Crippen LogP contribution in [0.3, 0.4) is 0 Å². The summed E-state index contributed by atoms with van der Waals surface area (Å²) < 4.78 is 10.6. The SMILES string of the molecule is C=CN(CCNc1ccccc1OC)C(=O)OC(C)(C)C. The largest absolute Gasteiger partial charge is 0.495 e. The van der Waals surface area contributed by atoms with E-state index in [-0.39, 0.29) is 0 Å². The zero-order valence-corrected chi connectivity index (χ0v) is 13.2. The number of carbonyl (C=O) groups excluding carboxylic acids is 1. The number of hydrogen-bond acceptors (Lipinski definition) is 4. The molecule has 0 saturated carbocycles. The predicted octanol–water partition coefficient (Wildman–Crippen LogP) is 3.49. The second kappa shape index (κ2) is 7.57. The summed E-state index contributed by atoms with van der Waals surface area (Å²) in [6.45, 7) is 10.2. The van der Waals surface area contributed by atoms with Gasteiger partial charge in [0.05, 0.1) is 12.8 Å². The fourth-order valence-electron chi connectivity index (χ4n) is 1.68. The molecule has 1 aromatic carbocycles. The second-order valence-electron chi connectivity index (χ2n) is 5.48. The van der Waals surface area contributed by atoms with Crippen molar-refractivity contribution in [1.29, 1.82) is 0 Å². The number of anilines is 1. The van der Waals surface area contributed by atoms with Crippen molar-refractivity contribution in [3.05, 3.63) is 37.0 Å². The number of benzene rings is 1. The summed E-state index contributed by atoms with van der Waals surface area (Å²) in [4.78, 5) is 13.4. The van der Waals surface area contributed by atoms with E-state index in [4.69, 9.17) is 9.47 Å². The molecule has 116 valence electrons. The van der Waals surface area contributed by atoms with Crippen LogP contribution in [0.5, 0.6) is 5.75 Å². The van der Waals surface area contributed by atoms with Crippen molar-refractivity contribution < 1.29 is 14.3 Å². The van der Waals surface area contributed by atoms with Crippen molar-refractivity contribution in [3.63, 3.8) is 0 Å². The van der Waals surface area contributed by atoms with Crippen molar-refractivity contribution in [2.75, 3.05) is 25.5 Å². The van der Waals surface area contributed by atoms with Crippen LogP contribution >= 0.6 is 0 Å². The number of methoxy groups -OCH3 is 1. The molecule has 1 aromatic rings. The molecule has 0 aromatic heterocycles. The lowest BCUT2D eigenvalue weighted by molar-refractivity contribution is 0.0341. The van der Waals surface area contributed by atoms with Gasteiger partial charge in [0.25, 0.3) is 0 Å². The molecular formula is C16H24N2O3. The van der Waals surface area contributed by atoms with E-state index in [0.29, 0.717) is 13.1 Å². The summed E-state index contributed by atoms with van der Waals surface area (Å²) in [5.74, 6) is 0.764. The van der Waals surface area contributed by atoms with Crippen LogP contribution in [0.4, 0.5) is 10.5 Å². The van der Waals surface area contributed by atoms with E-state index in [1.807, 2.05) is 45.0 Å². The van der Waals surface area contributed by atoms with E-state index >= 15 is 0 Å². The number of nitrogens with zero attached hydrogens (tertiary/aromatic N) is 1. The van der Waals surface area contributed by atoms with Gasteiger partial charge in [0.1, 0.15) is 11.4 Å². The maximum atomic E-state index is 11.9. The molecule has 1 N–H and O–H groups in total. The Bertz CT molecular complexity index is 481. The molecule has 0 radical (unpaired) electrons. The van der Waals surface area contributed by atoms with Crippen LogP contribution in [0, 0.1) is 0 Å². The van der Waals surface area contributed by atoms with Gasteiger partial charge in [-0.3, -0.25) is 4.90 Å². The van der Waals surface area contributed by atoms with Crippen LogP contribution in [-0.2, 0) is 4.74 Å². The molecular weight excluding hydrogens is 268 g/mol. The molecule has 0 bridgehead atoms. The molecule has 1 rings (SSSR count). The maximum absolute atomic E-state index is 11.9. The number of amides is 1. The van der Waals surface area contributed by atoms with E-state index in [2.05, 4.69) is 11.9 Å². The van der Waals surface area contributed by atoms with Crippen LogP contribution in [0.2, 0.25) is 0 Å². The van der Waals surface area contributed by atoms with E-state index in [0.717, 1.165) is 11.4 Å². The number of para-hydroxylation sites is 2. The molecule has 1 amide bonds. The Balaban J connectivity index is 2.52. The van der Waals surface area contributed by atoms with Crippen LogP contribution in [0.25, 0.3) is 0 Å². The highest BCUT2D eigenvalue weighted by Crippen LogP contribution is 2.22. The fraction of sp³-hybridized carbons (Fsp3) is 0.438. The van der Waals surface area contributed by atoms with E-state index in [9.17, 15) is 4.79 Å². The summed E-state index contributed by atoms with van der Waals surface area (Å²) in [6.07, 6.45) is 1.07. The minimum atomic E-state index is -0.519. The number of ether oxygens (including phenoxy) is 2. The highest BCUT2D eigenvalue weighted by Gasteiger charge is 2.20. The van der Waals surface area contributed by atoms with Gasteiger partial charge in [-0.25, -0.2) is 4.79 Å². The van der Waals surface area contributed by atoms with Gasteiger partial charge in [-0.2, -0.15) is 0 Å². The topological polar surface area (TPSA) is 50.8 Å². The first-order valence-corrected chi connectivity index (χ1v) is 6.86. The molecule has 0 fully saturated rings. The molecule has 0 atom stereocenters. The second-order valence-corrected chi connectivity index (χ2v) is 5.48. The third-order valence-electron chi connectivity index (χ3n) is 2.62. The Morgan fingerprint density at radius 2 is 2.05 bits per heavy atom. The summed E-state index contributed by atoms with van der Waals surface area (Å²) in [7, 11) is 1.62. The van der Waals surface area contributed by atoms with E-state index in [1.165, 1.54) is 11.1 Å². The molecule has 0 heterocycles. The minimum absolute atomic E-state index is 0.403. The molecule has 21 heavy (non-hydrogen) atoms. The first kappa shape index (κ1) is 16.9. The van der Waals surface area contributed by atoms with Gasteiger partial charge in [-0.1, -0.05) is 18.7 Å². The molecule has 0 aliphatic rings. The predicted molar refractivity (Wildman–Crippen MR) is 84.6 cm³/mol. The monoisotopic (exact) mass is 292 g/mol. The van der Waals surface area contributed by atoms with Gasteiger partial charge in [0.2, 0.25) is 0 Å². The van der Waals surface area contributed by atoms with Crippen molar-refractivity contribution in [2.45, 2.75) is 26.4 Å². The standard InChI is InChI=1S/C16H24N2O3/c1-6-18(15(19)21-16(2,3)4)12-11-17-13-9-7-8-10-14(13)20-5/h6-10,17H,1,11-12H2,2-5H3. The Morgan fingerprint density at radius 1 is 1.38 bits per heavy atom.